The number of hydrogen-bond donors (Lipinski definition) is 2. The van der Waals surface area contributed by atoms with Gasteiger partial charge in [-0.05, 0) is 28.8 Å². The van der Waals surface area contributed by atoms with E-state index in [1.807, 2.05) is 0 Å². The van der Waals surface area contributed by atoms with E-state index in [4.69, 9.17) is 0 Å². The van der Waals surface area contributed by atoms with Gasteiger partial charge in [-0.1, -0.05) is 0 Å². The van der Waals surface area contributed by atoms with Gasteiger partial charge in [0, 0.05) is 38.3 Å². The van der Waals surface area contributed by atoms with Crippen molar-refractivity contribution in [2.45, 2.75) is 38.3 Å². The first-order valence-corrected chi connectivity index (χ1v) is 10.7. The Kier molecular flexibility index (Phi) is 6.09. The third-order valence-corrected chi connectivity index (χ3v) is 5.87. The number of amides is 2. The van der Waals surface area contributed by atoms with E-state index in [1.54, 1.807) is 31.2 Å². The van der Waals surface area contributed by atoms with E-state index in [9.17, 15) is 18.4 Å². The molecule has 1 saturated carbocycles. The highest BCUT2D eigenvalue weighted by Crippen LogP contribution is 2.45. The second-order valence-electron chi connectivity index (χ2n) is 7.60. The molecule has 1 aliphatic rings. The van der Waals surface area contributed by atoms with Crippen molar-refractivity contribution >= 4 is 33.4 Å². The smallest absolute Gasteiger partial charge is 0.283 e. The molecule has 0 aliphatic heterocycles. The molecule has 170 valence electrons. The lowest BCUT2D eigenvalue weighted by atomic mass is 10.2. The van der Waals surface area contributed by atoms with Crippen molar-refractivity contribution in [3.63, 3.8) is 0 Å². The van der Waals surface area contributed by atoms with E-state index in [0.717, 1.165) is 18.4 Å². The second kappa shape index (κ2) is 8.81. The maximum absolute atomic E-state index is 13.3. The van der Waals surface area contributed by atoms with Gasteiger partial charge in [-0.15, -0.1) is 0 Å². The van der Waals surface area contributed by atoms with Crippen LogP contribution >= 0.6 is 15.9 Å². The molecule has 32 heavy (non-hydrogen) atoms. The van der Waals surface area contributed by atoms with Crippen molar-refractivity contribution in [2.24, 2.45) is 14.1 Å². The van der Waals surface area contributed by atoms with Crippen LogP contribution in [0.25, 0.3) is 0 Å². The van der Waals surface area contributed by atoms with Crippen LogP contribution in [0.1, 0.15) is 52.6 Å². The fraction of sp³-hybridized carbons (Fsp3) is 0.421. The molecule has 0 atom stereocenters. The van der Waals surface area contributed by atoms with Crippen molar-refractivity contribution < 1.29 is 18.4 Å². The Morgan fingerprint density at radius 3 is 2.62 bits per heavy atom. The Balaban J connectivity index is 1.46. The second-order valence-corrected chi connectivity index (χ2v) is 8.39. The molecule has 3 heterocycles. The van der Waals surface area contributed by atoms with Crippen LogP contribution in [0.2, 0.25) is 0 Å². The van der Waals surface area contributed by atoms with E-state index >= 15 is 0 Å². The number of nitrogens with one attached hydrogen (secondary N) is 2. The molecule has 0 radical (unpaired) electrons. The Morgan fingerprint density at radius 2 is 2.00 bits per heavy atom. The molecule has 0 saturated heterocycles. The van der Waals surface area contributed by atoms with E-state index < -0.39 is 18.2 Å². The molecule has 0 unspecified atom stereocenters. The molecule has 2 N–H and O–H groups in total. The summed E-state index contributed by atoms with van der Waals surface area (Å²) in [5.74, 6) is -0.828. The monoisotopic (exact) mass is 510 g/mol. The van der Waals surface area contributed by atoms with Crippen molar-refractivity contribution in [1.82, 2.24) is 34.7 Å². The molecule has 3 aromatic heterocycles. The fourth-order valence-electron chi connectivity index (χ4n) is 3.43. The van der Waals surface area contributed by atoms with Crippen molar-refractivity contribution in [3.8, 4) is 0 Å². The predicted molar refractivity (Wildman–Crippen MR) is 113 cm³/mol. The minimum Gasteiger partial charge on any atom is -0.346 e. The number of rotatable bonds is 8. The van der Waals surface area contributed by atoms with Crippen LogP contribution in [-0.2, 0) is 32.0 Å². The lowest BCUT2D eigenvalue weighted by Gasteiger charge is -2.10. The topological polar surface area (TPSA) is 112 Å². The normalized spacial score (nSPS) is 13.6. The van der Waals surface area contributed by atoms with Gasteiger partial charge in [0.05, 0.1) is 28.2 Å². The highest BCUT2D eigenvalue weighted by atomic mass is 79.9. The molecule has 1 aliphatic carbocycles. The molecule has 1 fully saturated rings. The predicted octanol–water partition coefficient (Wildman–Crippen LogP) is 2.50. The van der Waals surface area contributed by atoms with Gasteiger partial charge in [0.15, 0.2) is 0 Å². The summed E-state index contributed by atoms with van der Waals surface area (Å²) >= 11 is 3.20. The highest BCUT2D eigenvalue weighted by Gasteiger charge is 2.34. The molecule has 0 aromatic carbocycles. The Labute approximate surface area is 190 Å². The Bertz CT molecular complexity index is 1160. The molecule has 10 nitrogen and oxygen atoms in total. The summed E-state index contributed by atoms with van der Waals surface area (Å²) in [5.41, 5.74) is 1.42. The summed E-state index contributed by atoms with van der Waals surface area (Å²) < 4.78 is 31.1. The lowest BCUT2D eigenvalue weighted by molar-refractivity contribution is -0.117. The van der Waals surface area contributed by atoms with Gasteiger partial charge >= 0.3 is 0 Å². The van der Waals surface area contributed by atoms with Gasteiger partial charge < -0.3 is 10.6 Å². The van der Waals surface area contributed by atoms with Crippen molar-refractivity contribution in [1.29, 1.82) is 0 Å². The Morgan fingerprint density at radius 1 is 1.25 bits per heavy atom. The van der Waals surface area contributed by atoms with Crippen LogP contribution in [0, 0.1) is 0 Å². The minimum atomic E-state index is -2.75. The third kappa shape index (κ3) is 4.56. The van der Waals surface area contributed by atoms with Gasteiger partial charge in [0.1, 0.15) is 17.9 Å². The van der Waals surface area contributed by atoms with Crippen LogP contribution in [0.5, 0.6) is 0 Å². The first-order chi connectivity index (χ1) is 15.2. The summed E-state index contributed by atoms with van der Waals surface area (Å²) in [4.78, 5) is 25.4. The quantitative estimate of drug-likeness (QED) is 0.483. The average Bonchev–Trinajstić information content (AvgIpc) is 3.24. The molecule has 3 aromatic rings. The number of halogens is 3. The van der Waals surface area contributed by atoms with Crippen LogP contribution < -0.4 is 10.6 Å². The van der Waals surface area contributed by atoms with Crippen molar-refractivity contribution in [2.75, 3.05) is 5.32 Å². The number of carbonyl (C=O) groups is 2. The number of hydrogen-bond acceptors (Lipinski definition) is 5. The zero-order chi connectivity index (χ0) is 23.0. The highest BCUT2D eigenvalue weighted by molar-refractivity contribution is 9.10. The first kappa shape index (κ1) is 22.1. The standard InChI is InChI=1S/C19H21BrF2N8O2/c1-28-8-10(6-24-28)5-23-19(32)17-12(7-25-29(17)2)26-13(31)9-30-16(11-3-4-11)14(20)15(27-30)18(21)22/h6-8,11,18H,3-5,9H2,1-2H3,(H,23,32)(H,26,31). The van der Waals surface area contributed by atoms with Gasteiger partial charge in [-0.25, -0.2) is 8.78 Å². The summed E-state index contributed by atoms with van der Waals surface area (Å²) in [6.07, 6.45) is 3.75. The number of aromatic nitrogens is 6. The van der Waals surface area contributed by atoms with Gasteiger partial charge in [0.25, 0.3) is 12.3 Å². The summed E-state index contributed by atoms with van der Waals surface area (Å²) in [5, 5.41) is 17.4. The van der Waals surface area contributed by atoms with Crippen LogP contribution in [0.3, 0.4) is 0 Å². The van der Waals surface area contributed by atoms with Crippen molar-refractivity contribution in [3.05, 3.63) is 45.7 Å². The SMILES string of the molecule is Cn1cc(CNC(=O)c2c(NC(=O)Cn3nc(C(F)F)c(Br)c3C3CC3)cnn2C)cn1. The minimum absolute atomic E-state index is 0.101. The number of carbonyl (C=O) groups excluding carboxylic acids is 2. The number of aryl methyl sites for hydroxylation is 2. The molecule has 2 amide bonds. The summed E-state index contributed by atoms with van der Waals surface area (Å²) in [6, 6.07) is 0. The lowest BCUT2D eigenvalue weighted by Crippen LogP contribution is -2.27. The summed E-state index contributed by atoms with van der Waals surface area (Å²) in [7, 11) is 3.36. The molecule has 0 spiro atoms. The molecule has 0 bridgehead atoms. The van der Waals surface area contributed by atoms with E-state index in [1.165, 1.54) is 15.6 Å². The van der Waals surface area contributed by atoms with E-state index in [2.05, 4.69) is 41.9 Å². The number of anilines is 1. The van der Waals surface area contributed by atoms with Gasteiger partial charge in [0.2, 0.25) is 5.91 Å². The molecular formula is C19H21BrF2N8O2. The van der Waals surface area contributed by atoms with Gasteiger partial charge in [-0.2, -0.15) is 15.3 Å². The van der Waals surface area contributed by atoms with Crippen LogP contribution in [-0.4, -0.2) is 41.2 Å². The Hall–Kier alpha value is -3.09. The van der Waals surface area contributed by atoms with Gasteiger partial charge in [-0.3, -0.25) is 23.6 Å². The average molecular weight is 511 g/mol. The maximum atomic E-state index is 13.3. The zero-order valence-corrected chi connectivity index (χ0v) is 18.9. The number of nitrogens with zero attached hydrogens (tertiary/aromatic N) is 6. The first-order valence-electron chi connectivity index (χ1n) is 9.86. The fourth-order valence-corrected chi connectivity index (χ4v) is 4.21. The number of alkyl halides is 2. The third-order valence-electron chi connectivity index (χ3n) is 5.06. The molecular weight excluding hydrogens is 490 g/mol. The van der Waals surface area contributed by atoms with E-state index in [0.29, 0.717) is 5.69 Å². The largest absolute Gasteiger partial charge is 0.346 e. The molecule has 4 rings (SSSR count). The van der Waals surface area contributed by atoms with Crippen LogP contribution in [0.4, 0.5) is 14.5 Å². The maximum Gasteiger partial charge on any atom is 0.283 e. The van der Waals surface area contributed by atoms with E-state index in [-0.39, 0.29) is 40.6 Å². The summed E-state index contributed by atoms with van der Waals surface area (Å²) in [6.45, 7) is -0.00347. The molecule has 13 heteroatoms. The zero-order valence-electron chi connectivity index (χ0n) is 17.3. The van der Waals surface area contributed by atoms with Crippen LogP contribution in [0.15, 0.2) is 23.1 Å².